The Labute approximate surface area is 174 Å². The lowest BCUT2D eigenvalue weighted by Crippen LogP contribution is -2.39. The quantitative estimate of drug-likeness (QED) is 0.366. The molecule has 2 aromatic carbocycles. The average molecular weight is 434 g/mol. The van der Waals surface area contributed by atoms with Crippen molar-refractivity contribution < 1.29 is 22.9 Å². The molecular formula is C19H22N4O6S. The first-order valence-electron chi connectivity index (χ1n) is 8.91. The van der Waals surface area contributed by atoms with Gasteiger partial charge in [0.05, 0.1) is 29.2 Å². The lowest BCUT2D eigenvalue weighted by atomic mass is 10.1. The minimum absolute atomic E-state index is 0.107. The predicted molar refractivity (Wildman–Crippen MR) is 113 cm³/mol. The summed E-state index contributed by atoms with van der Waals surface area (Å²) in [5.41, 5.74) is 3.19. The van der Waals surface area contributed by atoms with Gasteiger partial charge in [0.1, 0.15) is 12.3 Å². The molecule has 0 fully saturated rings. The molecule has 0 atom stereocenters. The Hall–Kier alpha value is -3.47. The van der Waals surface area contributed by atoms with Gasteiger partial charge < -0.3 is 4.74 Å². The smallest absolute Gasteiger partial charge is 0.270 e. The van der Waals surface area contributed by atoms with Gasteiger partial charge in [-0.15, -0.1) is 0 Å². The molecule has 0 aliphatic carbocycles. The van der Waals surface area contributed by atoms with Crippen LogP contribution in [-0.4, -0.2) is 44.4 Å². The first-order chi connectivity index (χ1) is 14.1. The molecule has 1 N–H and O–H groups in total. The van der Waals surface area contributed by atoms with Crippen LogP contribution in [0.25, 0.3) is 0 Å². The molecule has 0 radical (unpaired) electrons. The number of amides is 1. The van der Waals surface area contributed by atoms with E-state index < -0.39 is 27.4 Å². The standard InChI is InChI=1S/C19H22N4O6S/c1-4-29-18-11-6-5-10-17(18)22(30(3,27)28)13-19(24)21-20-14(2)15-8-7-9-16(12-15)23(25)26/h5-12H,4,13H2,1-3H3,(H,21,24)/b20-14-. The van der Waals surface area contributed by atoms with Crippen molar-refractivity contribution in [1.82, 2.24) is 5.43 Å². The molecule has 0 heterocycles. The summed E-state index contributed by atoms with van der Waals surface area (Å²) < 4.78 is 30.9. The number of carbonyl (C=O) groups is 1. The van der Waals surface area contributed by atoms with Crippen LogP contribution in [0, 0.1) is 10.1 Å². The van der Waals surface area contributed by atoms with Gasteiger partial charge >= 0.3 is 0 Å². The summed E-state index contributed by atoms with van der Waals surface area (Å²) in [4.78, 5) is 22.7. The van der Waals surface area contributed by atoms with Crippen molar-refractivity contribution in [2.24, 2.45) is 5.10 Å². The van der Waals surface area contributed by atoms with E-state index in [1.54, 1.807) is 38.1 Å². The number of para-hydroxylation sites is 2. The molecule has 0 saturated carbocycles. The number of anilines is 1. The number of hydrogen-bond donors (Lipinski definition) is 1. The van der Waals surface area contributed by atoms with E-state index in [4.69, 9.17) is 4.74 Å². The van der Waals surface area contributed by atoms with E-state index in [0.717, 1.165) is 10.6 Å². The normalized spacial score (nSPS) is 11.6. The molecule has 11 heteroatoms. The maximum absolute atomic E-state index is 12.4. The minimum Gasteiger partial charge on any atom is -0.492 e. The van der Waals surface area contributed by atoms with Gasteiger partial charge in [0.15, 0.2) is 0 Å². The monoisotopic (exact) mass is 434 g/mol. The van der Waals surface area contributed by atoms with Crippen molar-refractivity contribution in [2.45, 2.75) is 13.8 Å². The number of non-ortho nitro benzene ring substituents is 1. The molecule has 0 saturated heterocycles. The number of nitro benzene ring substituents is 1. The van der Waals surface area contributed by atoms with Crippen molar-refractivity contribution in [1.29, 1.82) is 0 Å². The lowest BCUT2D eigenvalue weighted by Gasteiger charge is -2.23. The Balaban J connectivity index is 2.21. The van der Waals surface area contributed by atoms with Gasteiger partial charge in [-0.05, 0) is 26.0 Å². The van der Waals surface area contributed by atoms with E-state index in [1.807, 2.05) is 0 Å². The van der Waals surface area contributed by atoms with Crippen LogP contribution in [0.5, 0.6) is 5.75 Å². The van der Waals surface area contributed by atoms with E-state index in [2.05, 4.69) is 10.5 Å². The van der Waals surface area contributed by atoms with E-state index in [9.17, 15) is 23.3 Å². The van der Waals surface area contributed by atoms with Crippen LogP contribution >= 0.6 is 0 Å². The molecule has 0 aliphatic rings. The zero-order chi connectivity index (χ0) is 22.3. The second-order valence-corrected chi connectivity index (χ2v) is 8.12. The highest BCUT2D eigenvalue weighted by molar-refractivity contribution is 7.92. The summed E-state index contributed by atoms with van der Waals surface area (Å²) in [6.07, 6.45) is 0.987. The molecule has 2 rings (SSSR count). The Morgan fingerprint density at radius 1 is 1.23 bits per heavy atom. The third-order valence-corrected chi connectivity index (χ3v) is 5.07. The maximum atomic E-state index is 12.4. The van der Waals surface area contributed by atoms with Crippen molar-refractivity contribution >= 4 is 33.0 Å². The molecular weight excluding hydrogens is 412 g/mol. The number of sulfonamides is 1. The van der Waals surface area contributed by atoms with Crippen molar-refractivity contribution in [3.63, 3.8) is 0 Å². The van der Waals surface area contributed by atoms with Crippen LogP contribution in [0.4, 0.5) is 11.4 Å². The molecule has 0 spiro atoms. The third-order valence-electron chi connectivity index (χ3n) is 3.94. The summed E-state index contributed by atoms with van der Waals surface area (Å²) in [5.74, 6) is -0.356. The molecule has 160 valence electrons. The molecule has 30 heavy (non-hydrogen) atoms. The van der Waals surface area contributed by atoms with E-state index in [0.29, 0.717) is 23.6 Å². The highest BCUT2D eigenvalue weighted by Crippen LogP contribution is 2.29. The predicted octanol–water partition coefficient (Wildman–Crippen LogP) is 2.30. The number of hydrogen-bond acceptors (Lipinski definition) is 7. The Morgan fingerprint density at radius 3 is 2.57 bits per heavy atom. The topological polar surface area (TPSA) is 131 Å². The average Bonchev–Trinajstić information content (AvgIpc) is 2.70. The van der Waals surface area contributed by atoms with Gasteiger partial charge in [0.25, 0.3) is 11.6 Å². The Bertz CT molecular complexity index is 1070. The summed E-state index contributed by atoms with van der Waals surface area (Å²) in [5, 5.41) is 14.8. The molecule has 0 aliphatic heterocycles. The fraction of sp³-hybridized carbons (Fsp3) is 0.263. The fourth-order valence-corrected chi connectivity index (χ4v) is 3.40. The van der Waals surface area contributed by atoms with Crippen LogP contribution < -0.4 is 14.5 Å². The summed E-state index contributed by atoms with van der Waals surface area (Å²) in [6, 6.07) is 12.3. The molecule has 2 aromatic rings. The summed E-state index contributed by atoms with van der Waals surface area (Å²) in [7, 11) is -3.79. The van der Waals surface area contributed by atoms with Gasteiger partial charge in [0, 0.05) is 17.7 Å². The van der Waals surface area contributed by atoms with Crippen LogP contribution in [0.2, 0.25) is 0 Å². The number of benzene rings is 2. The number of ether oxygens (including phenoxy) is 1. The van der Waals surface area contributed by atoms with Gasteiger partial charge in [-0.25, -0.2) is 13.8 Å². The summed E-state index contributed by atoms with van der Waals surface area (Å²) >= 11 is 0. The van der Waals surface area contributed by atoms with Crippen LogP contribution in [0.1, 0.15) is 19.4 Å². The number of rotatable bonds is 9. The van der Waals surface area contributed by atoms with Crippen molar-refractivity contribution in [3.05, 3.63) is 64.2 Å². The van der Waals surface area contributed by atoms with E-state index >= 15 is 0 Å². The molecule has 0 aromatic heterocycles. The van der Waals surface area contributed by atoms with Crippen LogP contribution in [-0.2, 0) is 14.8 Å². The molecule has 1 amide bonds. The first kappa shape index (κ1) is 22.8. The zero-order valence-electron chi connectivity index (χ0n) is 16.7. The largest absolute Gasteiger partial charge is 0.492 e. The highest BCUT2D eigenvalue weighted by Gasteiger charge is 2.23. The van der Waals surface area contributed by atoms with E-state index in [-0.39, 0.29) is 11.4 Å². The van der Waals surface area contributed by atoms with Crippen LogP contribution in [0.3, 0.4) is 0 Å². The van der Waals surface area contributed by atoms with E-state index in [1.165, 1.54) is 24.3 Å². The zero-order valence-corrected chi connectivity index (χ0v) is 17.5. The van der Waals surface area contributed by atoms with Crippen molar-refractivity contribution in [2.75, 3.05) is 23.7 Å². The van der Waals surface area contributed by atoms with Gasteiger partial charge in [-0.3, -0.25) is 19.2 Å². The van der Waals surface area contributed by atoms with Gasteiger partial charge in [0.2, 0.25) is 10.0 Å². The molecule has 10 nitrogen and oxygen atoms in total. The van der Waals surface area contributed by atoms with Gasteiger partial charge in [-0.1, -0.05) is 24.3 Å². The van der Waals surface area contributed by atoms with Crippen molar-refractivity contribution in [3.8, 4) is 5.75 Å². The number of nitro groups is 1. The minimum atomic E-state index is -3.79. The number of nitrogens with zero attached hydrogens (tertiary/aromatic N) is 3. The number of hydrazone groups is 1. The maximum Gasteiger partial charge on any atom is 0.270 e. The van der Waals surface area contributed by atoms with Crippen LogP contribution in [0.15, 0.2) is 53.6 Å². The van der Waals surface area contributed by atoms with Gasteiger partial charge in [-0.2, -0.15) is 5.10 Å². The lowest BCUT2D eigenvalue weighted by molar-refractivity contribution is -0.384. The molecule has 0 bridgehead atoms. The number of nitrogens with one attached hydrogen (secondary N) is 1. The SMILES string of the molecule is CCOc1ccccc1N(CC(=O)N/N=C(/C)c1cccc([N+](=O)[O-])c1)S(C)(=O)=O. The fourth-order valence-electron chi connectivity index (χ4n) is 2.54. The second-order valence-electron chi connectivity index (χ2n) is 6.21. The third kappa shape index (κ3) is 6.01. The molecule has 0 unspecified atom stereocenters. The summed E-state index contributed by atoms with van der Waals surface area (Å²) in [6.45, 7) is 3.14. The highest BCUT2D eigenvalue weighted by atomic mass is 32.2. The Morgan fingerprint density at radius 2 is 1.93 bits per heavy atom. The number of carbonyl (C=O) groups excluding carboxylic acids is 1. The Kier molecular flexibility index (Phi) is 7.48. The first-order valence-corrected chi connectivity index (χ1v) is 10.8. The second kappa shape index (κ2) is 9.83.